The van der Waals surface area contributed by atoms with Gasteiger partial charge in [-0.3, -0.25) is 9.20 Å². The molecule has 3 aromatic rings. The first-order valence-electron chi connectivity index (χ1n) is 9.40. The topological polar surface area (TPSA) is 59.3 Å². The molecule has 2 heterocycles. The lowest BCUT2D eigenvalue weighted by molar-refractivity contribution is -0.116. The number of nitrogens with zero attached hydrogens (tertiary/aromatic N) is 3. The number of carbonyl (C=O) groups is 1. The third-order valence-electron chi connectivity index (χ3n) is 5.18. The van der Waals surface area contributed by atoms with Crippen molar-refractivity contribution in [2.45, 2.75) is 45.4 Å². The zero-order valence-corrected chi connectivity index (χ0v) is 15.1. The molecule has 1 aliphatic carbocycles. The van der Waals surface area contributed by atoms with Crippen LogP contribution in [-0.2, 0) is 4.79 Å². The maximum Gasteiger partial charge on any atom is 0.234 e. The lowest BCUT2D eigenvalue weighted by Gasteiger charge is -2.09. The number of imidazole rings is 1. The maximum atomic E-state index is 12.1. The fourth-order valence-corrected chi connectivity index (χ4v) is 3.68. The van der Waals surface area contributed by atoms with E-state index >= 15 is 0 Å². The number of fused-ring (bicyclic) bond motifs is 1. The van der Waals surface area contributed by atoms with Crippen molar-refractivity contribution in [1.82, 2.24) is 14.4 Å². The highest BCUT2D eigenvalue weighted by Gasteiger charge is 2.16. The Morgan fingerprint density at radius 1 is 1.15 bits per heavy atom. The van der Waals surface area contributed by atoms with Crippen molar-refractivity contribution in [1.29, 1.82) is 0 Å². The standard InChI is InChI=1S/C21H24N4O/c1-15-12-13-25-14-19(24-21(25)22-15)17-7-9-18(10-8-17)23-20(26)11-6-16-4-2-3-5-16/h7-10,12-14,16H,2-6,11H2,1H3,(H,23,26). The zero-order chi connectivity index (χ0) is 17.9. The minimum absolute atomic E-state index is 0.108. The van der Waals surface area contributed by atoms with Gasteiger partial charge in [0.1, 0.15) is 0 Å². The Hall–Kier alpha value is -2.69. The molecule has 0 unspecified atom stereocenters. The van der Waals surface area contributed by atoms with Crippen molar-refractivity contribution < 1.29 is 4.79 Å². The highest BCUT2D eigenvalue weighted by molar-refractivity contribution is 5.90. The van der Waals surface area contributed by atoms with Crippen molar-refractivity contribution in [3.05, 3.63) is 48.4 Å². The van der Waals surface area contributed by atoms with Crippen molar-refractivity contribution >= 4 is 17.4 Å². The summed E-state index contributed by atoms with van der Waals surface area (Å²) < 4.78 is 1.92. The smallest absolute Gasteiger partial charge is 0.234 e. The van der Waals surface area contributed by atoms with E-state index in [1.54, 1.807) is 0 Å². The van der Waals surface area contributed by atoms with E-state index in [2.05, 4.69) is 15.3 Å². The van der Waals surface area contributed by atoms with Gasteiger partial charge in [0.05, 0.1) is 5.69 Å². The second kappa shape index (κ2) is 7.28. The molecule has 0 radical (unpaired) electrons. The predicted molar refractivity (Wildman–Crippen MR) is 103 cm³/mol. The van der Waals surface area contributed by atoms with Crippen LogP contribution in [0.3, 0.4) is 0 Å². The number of aromatic nitrogens is 3. The molecule has 1 aromatic carbocycles. The van der Waals surface area contributed by atoms with Gasteiger partial charge in [-0.2, -0.15) is 0 Å². The molecule has 0 saturated heterocycles. The largest absolute Gasteiger partial charge is 0.326 e. The normalized spacial score (nSPS) is 14.8. The van der Waals surface area contributed by atoms with Gasteiger partial charge in [-0.05, 0) is 37.5 Å². The van der Waals surface area contributed by atoms with Crippen LogP contribution < -0.4 is 5.32 Å². The van der Waals surface area contributed by atoms with Crippen LogP contribution in [0.5, 0.6) is 0 Å². The summed E-state index contributed by atoms with van der Waals surface area (Å²) in [5, 5.41) is 3.00. The molecule has 0 aliphatic heterocycles. The van der Waals surface area contributed by atoms with E-state index in [0.717, 1.165) is 35.0 Å². The number of amides is 1. The van der Waals surface area contributed by atoms with E-state index in [1.807, 2.05) is 54.0 Å². The molecule has 0 atom stereocenters. The first kappa shape index (κ1) is 16.8. The monoisotopic (exact) mass is 348 g/mol. The van der Waals surface area contributed by atoms with E-state index in [4.69, 9.17) is 0 Å². The molecule has 1 aliphatic rings. The summed E-state index contributed by atoms with van der Waals surface area (Å²) >= 11 is 0. The molecule has 1 fully saturated rings. The minimum atomic E-state index is 0.108. The van der Waals surface area contributed by atoms with Crippen molar-refractivity contribution in [2.75, 3.05) is 5.32 Å². The third-order valence-corrected chi connectivity index (χ3v) is 5.18. The number of anilines is 1. The molecular weight excluding hydrogens is 324 g/mol. The molecule has 5 nitrogen and oxygen atoms in total. The Labute approximate surface area is 153 Å². The molecule has 2 aromatic heterocycles. The highest BCUT2D eigenvalue weighted by atomic mass is 16.1. The van der Waals surface area contributed by atoms with Crippen LogP contribution in [0, 0.1) is 12.8 Å². The van der Waals surface area contributed by atoms with Crippen molar-refractivity contribution in [3.8, 4) is 11.3 Å². The second-order valence-corrected chi connectivity index (χ2v) is 7.22. The van der Waals surface area contributed by atoms with E-state index < -0.39 is 0 Å². The van der Waals surface area contributed by atoms with E-state index in [-0.39, 0.29) is 5.91 Å². The molecule has 134 valence electrons. The van der Waals surface area contributed by atoms with Gasteiger partial charge in [-0.25, -0.2) is 9.97 Å². The number of aryl methyl sites for hydroxylation is 1. The Balaban J connectivity index is 1.40. The third kappa shape index (κ3) is 3.77. The first-order chi connectivity index (χ1) is 12.7. The van der Waals surface area contributed by atoms with Crippen LogP contribution in [0.4, 0.5) is 5.69 Å². The van der Waals surface area contributed by atoms with Crippen LogP contribution in [0.2, 0.25) is 0 Å². The van der Waals surface area contributed by atoms with E-state index in [1.165, 1.54) is 25.7 Å². The zero-order valence-electron chi connectivity index (χ0n) is 15.1. The number of hydrogen-bond donors (Lipinski definition) is 1. The summed E-state index contributed by atoms with van der Waals surface area (Å²) in [6.45, 7) is 1.96. The number of carbonyl (C=O) groups excluding carboxylic acids is 1. The predicted octanol–water partition coefficient (Wildman–Crippen LogP) is 4.61. The van der Waals surface area contributed by atoms with Gasteiger partial charge < -0.3 is 5.32 Å². The number of nitrogens with one attached hydrogen (secondary N) is 1. The highest BCUT2D eigenvalue weighted by Crippen LogP contribution is 2.28. The lowest BCUT2D eigenvalue weighted by Crippen LogP contribution is -2.12. The Bertz CT molecular complexity index is 907. The van der Waals surface area contributed by atoms with Gasteiger partial charge in [0.15, 0.2) is 0 Å². The molecular formula is C21H24N4O. The van der Waals surface area contributed by atoms with Crippen LogP contribution in [0.15, 0.2) is 42.7 Å². The molecule has 1 saturated carbocycles. The van der Waals surface area contributed by atoms with Crippen LogP contribution in [0.25, 0.3) is 17.0 Å². The number of benzene rings is 1. The van der Waals surface area contributed by atoms with Gasteiger partial charge in [-0.15, -0.1) is 0 Å². The SMILES string of the molecule is Cc1ccn2cc(-c3ccc(NC(=O)CCC4CCCC4)cc3)nc2n1. The Kier molecular flexibility index (Phi) is 4.69. The van der Waals surface area contributed by atoms with Crippen molar-refractivity contribution in [2.24, 2.45) is 5.92 Å². The summed E-state index contributed by atoms with van der Waals surface area (Å²) in [6.07, 6.45) is 10.8. The van der Waals surface area contributed by atoms with E-state index in [9.17, 15) is 4.79 Å². The summed E-state index contributed by atoms with van der Waals surface area (Å²) in [7, 11) is 0. The molecule has 26 heavy (non-hydrogen) atoms. The lowest BCUT2D eigenvalue weighted by atomic mass is 10.0. The molecule has 4 rings (SSSR count). The van der Waals surface area contributed by atoms with Crippen LogP contribution in [-0.4, -0.2) is 20.3 Å². The summed E-state index contributed by atoms with van der Waals surface area (Å²) in [6, 6.07) is 9.81. The van der Waals surface area contributed by atoms with Gasteiger partial charge in [0.2, 0.25) is 11.7 Å². The van der Waals surface area contributed by atoms with Gasteiger partial charge in [-0.1, -0.05) is 37.8 Å². The molecule has 1 amide bonds. The average Bonchev–Trinajstić information content (AvgIpc) is 3.29. The van der Waals surface area contributed by atoms with Crippen LogP contribution >= 0.6 is 0 Å². The summed E-state index contributed by atoms with van der Waals surface area (Å²) in [5.74, 6) is 1.55. The van der Waals surface area contributed by atoms with Crippen LogP contribution in [0.1, 0.15) is 44.2 Å². The summed E-state index contributed by atoms with van der Waals surface area (Å²) in [4.78, 5) is 21.1. The summed E-state index contributed by atoms with van der Waals surface area (Å²) in [5.41, 5.74) is 3.67. The van der Waals surface area contributed by atoms with Gasteiger partial charge >= 0.3 is 0 Å². The molecule has 0 bridgehead atoms. The molecule has 5 heteroatoms. The number of hydrogen-bond acceptors (Lipinski definition) is 3. The maximum absolute atomic E-state index is 12.1. The Morgan fingerprint density at radius 3 is 2.69 bits per heavy atom. The first-order valence-corrected chi connectivity index (χ1v) is 9.40. The van der Waals surface area contributed by atoms with Crippen molar-refractivity contribution in [3.63, 3.8) is 0 Å². The average molecular weight is 348 g/mol. The Morgan fingerprint density at radius 2 is 1.92 bits per heavy atom. The minimum Gasteiger partial charge on any atom is -0.326 e. The quantitative estimate of drug-likeness (QED) is 0.732. The van der Waals surface area contributed by atoms with E-state index in [0.29, 0.717) is 12.2 Å². The fraction of sp³-hybridized carbons (Fsp3) is 0.381. The fourth-order valence-electron chi connectivity index (χ4n) is 3.68. The number of rotatable bonds is 5. The molecule has 1 N–H and O–H groups in total. The van der Waals surface area contributed by atoms with Gasteiger partial charge in [0, 0.05) is 35.8 Å². The second-order valence-electron chi connectivity index (χ2n) is 7.22. The van der Waals surface area contributed by atoms with Gasteiger partial charge in [0.25, 0.3) is 0 Å². The molecule has 0 spiro atoms.